The summed E-state index contributed by atoms with van der Waals surface area (Å²) in [4.78, 5) is 15.6. The number of pyridine rings is 1. The van der Waals surface area contributed by atoms with Crippen molar-refractivity contribution in [1.29, 1.82) is 0 Å². The van der Waals surface area contributed by atoms with Gasteiger partial charge in [-0.05, 0) is 54.6 Å². The van der Waals surface area contributed by atoms with Crippen LogP contribution in [0.4, 0.5) is 0 Å². The van der Waals surface area contributed by atoms with E-state index in [0.29, 0.717) is 34.6 Å². The zero-order valence-electron chi connectivity index (χ0n) is 16.2. The average Bonchev–Trinajstić information content (AvgIpc) is 3.16. The second kappa shape index (κ2) is 9.24. The van der Waals surface area contributed by atoms with Crippen LogP contribution in [0.15, 0.2) is 52.8 Å². The molecular weight excluding hydrogens is 392 g/mol. The van der Waals surface area contributed by atoms with Crippen LogP contribution in [0.3, 0.4) is 0 Å². The second-order valence-corrected chi connectivity index (χ2v) is 6.84. The first-order valence-corrected chi connectivity index (χ1v) is 9.55. The van der Waals surface area contributed by atoms with E-state index in [1.54, 1.807) is 44.8 Å². The van der Waals surface area contributed by atoms with Crippen molar-refractivity contribution in [3.8, 4) is 22.9 Å². The first-order chi connectivity index (χ1) is 14.0. The van der Waals surface area contributed by atoms with E-state index in [1.807, 2.05) is 23.6 Å². The Morgan fingerprint density at radius 3 is 2.34 bits per heavy atom. The minimum Gasteiger partial charge on any atom is -0.544 e. The van der Waals surface area contributed by atoms with Crippen LogP contribution in [0.1, 0.15) is 12.5 Å². The van der Waals surface area contributed by atoms with Gasteiger partial charge in [-0.1, -0.05) is 0 Å². The molecule has 3 aromatic rings. The third kappa shape index (κ3) is 4.75. The summed E-state index contributed by atoms with van der Waals surface area (Å²) in [6, 6.07) is 8.82. The Bertz CT molecular complexity index is 1010. The fourth-order valence-corrected chi connectivity index (χ4v) is 3.52. The van der Waals surface area contributed by atoms with E-state index in [1.165, 1.54) is 6.08 Å². The van der Waals surface area contributed by atoms with Gasteiger partial charge in [0.1, 0.15) is 11.5 Å². The highest BCUT2D eigenvalue weighted by Gasteiger charge is 2.17. The van der Waals surface area contributed by atoms with Crippen LogP contribution < -0.4 is 14.6 Å². The van der Waals surface area contributed by atoms with Crippen molar-refractivity contribution in [2.24, 2.45) is 0 Å². The lowest BCUT2D eigenvalue weighted by molar-refractivity contribution is -0.298. The summed E-state index contributed by atoms with van der Waals surface area (Å²) in [5.74, 6) is 0.523. The number of carbonyl (C=O) groups is 1. The maximum atomic E-state index is 11.6. The SMILES string of the molecule is CCn1c(S/C(=C/c2ccncc2)C(=O)[O-])nnc1-c1cc(OC)cc(OC)c1. The number of carbonyl (C=O) groups excluding carboxylic acids is 1. The van der Waals surface area contributed by atoms with E-state index in [4.69, 9.17) is 9.47 Å². The summed E-state index contributed by atoms with van der Waals surface area (Å²) >= 11 is 0.984. The van der Waals surface area contributed by atoms with Gasteiger partial charge < -0.3 is 23.9 Å². The molecular formula is C20H19N4O4S-. The molecule has 0 unspecified atom stereocenters. The summed E-state index contributed by atoms with van der Waals surface area (Å²) in [7, 11) is 3.14. The number of nitrogens with zero attached hydrogens (tertiary/aromatic N) is 4. The highest BCUT2D eigenvalue weighted by Crippen LogP contribution is 2.33. The number of hydrogen-bond donors (Lipinski definition) is 0. The molecule has 0 aliphatic rings. The molecule has 0 saturated carbocycles. The minimum absolute atomic E-state index is 0.0214. The number of carboxylic acids is 1. The van der Waals surface area contributed by atoms with Gasteiger partial charge in [0, 0.05) is 35.5 Å². The third-order valence-electron chi connectivity index (χ3n) is 4.05. The number of aliphatic carboxylic acids is 1. The number of carboxylic acid groups (broad SMARTS) is 1. The number of methoxy groups -OCH3 is 2. The topological polar surface area (TPSA) is 102 Å². The molecule has 0 aliphatic heterocycles. The first kappa shape index (κ1) is 20.4. The van der Waals surface area contributed by atoms with E-state index in [2.05, 4.69) is 15.2 Å². The van der Waals surface area contributed by atoms with E-state index in [0.717, 1.165) is 17.3 Å². The third-order valence-corrected chi connectivity index (χ3v) is 5.04. The second-order valence-electron chi connectivity index (χ2n) is 5.83. The monoisotopic (exact) mass is 411 g/mol. The van der Waals surface area contributed by atoms with Crippen molar-refractivity contribution in [3.05, 3.63) is 53.2 Å². The largest absolute Gasteiger partial charge is 0.544 e. The summed E-state index contributed by atoms with van der Waals surface area (Å²) < 4.78 is 12.5. The highest BCUT2D eigenvalue weighted by molar-refractivity contribution is 8.04. The van der Waals surface area contributed by atoms with Gasteiger partial charge in [0.15, 0.2) is 11.0 Å². The lowest BCUT2D eigenvalue weighted by atomic mass is 10.2. The zero-order valence-corrected chi connectivity index (χ0v) is 17.0. The summed E-state index contributed by atoms with van der Waals surface area (Å²) in [6.45, 7) is 2.47. The summed E-state index contributed by atoms with van der Waals surface area (Å²) in [6.07, 6.45) is 4.70. The Labute approximate surface area is 172 Å². The Balaban J connectivity index is 1.99. The van der Waals surface area contributed by atoms with Crippen LogP contribution in [-0.2, 0) is 11.3 Å². The highest BCUT2D eigenvalue weighted by atomic mass is 32.2. The van der Waals surface area contributed by atoms with E-state index in [9.17, 15) is 9.90 Å². The molecule has 2 aromatic heterocycles. The molecule has 0 amide bonds. The van der Waals surface area contributed by atoms with E-state index >= 15 is 0 Å². The molecule has 0 fully saturated rings. The molecule has 0 saturated heterocycles. The molecule has 9 heteroatoms. The smallest absolute Gasteiger partial charge is 0.196 e. The number of rotatable bonds is 8. The molecule has 0 bridgehead atoms. The van der Waals surface area contributed by atoms with Crippen molar-refractivity contribution in [2.75, 3.05) is 14.2 Å². The lowest BCUT2D eigenvalue weighted by Gasteiger charge is -2.12. The fourth-order valence-electron chi connectivity index (χ4n) is 2.64. The maximum Gasteiger partial charge on any atom is 0.196 e. The number of thioether (sulfide) groups is 1. The van der Waals surface area contributed by atoms with Crippen molar-refractivity contribution in [3.63, 3.8) is 0 Å². The quantitative estimate of drug-likeness (QED) is 0.411. The average molecular weight is 411 g/mol. The molecule has 0 radical (unpaired) electrons. The Morgan fingerprint density at radius 1 is 1.14 bits per heavy atom. The summed E-state index contributed by atoms with van der Waals surface area (Å²) in [5, 5.41) is 20.5. The molecule has 2 heterocycles. The van der Waals surface area contributed by atoms with Crippen LogP contribution in [0.25, 0.3) is 17.5 Å². The number of aromatic nitrogens is 4. The molecule has 0 N–H and O–H groups in total. The van der Waals surface area contributed by atoms with Gasteiger partial charge in [-0.3, -0.25) is 4.98 Å². The van der Waals surface area contributed by atoms with Crippen LogP contribution in [-0.4, -0.2) is 39.9 Å². The van der Waals surface area contributed by atoms with Gasteiger partial charge in [-0.15, -0.1) is 10.2 Å². The Kier molecular flexibility index (Phi) is 6.50. The number of hydrogen-bond acceptors (Lipinski definition) is 8. The number of ether oxygens (including phenoxy) is 2. The molecule has 150 valence electrons. The van der Waals surface area contributed by atoms with E-state index < -0.39 is 5.97 Å². The number of benzene rings is 1. The van der Waals surface area contributed by atoms with Gasteiger partial charge in [-0.25, -0.2) is 0 Å². The van der Waals surface area contributed by atoms with Crippen LogP contribution in [0.2, 0.25) is 0 Å². The summed E-state index contributed by atoms with van der Waals surface area (Å²) in [5.41, 5.74) is 1.45. The predicted octanol–water partition coefficient (Wildman–Crippen LogP) is 2.26. The molecule has 0 spiro atoms. The lowest BCUT2D eigenvalue weighted by Crippen LogP contribution is -2.23. The van der Waals surface area contributed by atoms with Gasteiger partial charge >= 0.3 is 0 Å². The molecule has 3 rings (SSSR count). The maximum absolute atomic E-state index is 11.6. The van der Waals surface area contributed by atoms with Gasteiger partial charge in [0.25, 0.3) is 0 Å². The minimum atomic E-state index is -1.29. The molecule has 29 heavy (non-hydrogen) atoms. The standard InChI is InChI=1S/C20H20N4O4S/c1-4-24-18(14-10-15(27-2)12-16(11-14)28-3)22-23-20(24)29-17(19(25)26)9-13-5-7-21-8-6-13/h5-12H,4H2,1-3H3,(H,25,26)/p-1/b17-9+. The first-order valence-electron chi connectivity index (χ1n) is 8.73. The fraction of sp³-hybridized carbons (Fsp3) is 0.200. The van der Waals surface area contributed by atoms with Crippen LogP contribution in [0.5, 0.6) is 11.5 Å². The molecule has 0 atom stereocenters. The van der Waals surface area contributed by atoms with Gasteiger partial charge in [0.2, 0.25) is 0 Å². The predicted molar refractivity (Wildman–Crippen MR) is 107 cm³/mol. The van der Waals surface area contributed by atoms with Crippen molar-refractivity contribution in [2.45, 2.75) is 18.6 Å². The van der Waals surface area contributed by atoms with Crippen molar-refractivity contribution >= 4 is 23.8 Å². The van der Waals surface area contributed by atoms with Gasteiger partial charge in [0.05, 0.1) is 20.2 Å². The van der Waals surface area contributed by atoms with Crippen molar-refractivity contribution in [1.82, 2.24) is 19.7 Å². The van der Waals surface area contributed by atoms with Crippen LogP contribution >= 0.6 is 11.8 Å². The molecule has 0 aliphatic carbocycles. The zero-order chi connectivity index (χ0) is 20.8. The normalized spacial score (nSPS) is 11.3. The molecule has 8 nitrogen and oxygen atoms in total. The van der Waals surface area contributed by atoms with Crippen LogP contribution in [0, 0.1) is 0 Å². The Morgan fingerprint density at radius 2 is 1.79 bits per heavy atom. The van der Waals surface area contributed by atoms with Gasteiger partial charge in [-0.2, -0.15) is 0 Å². The van der Waals surface area contributed by atoms with Crippen molar-refractivity contribution < 1.29 is 19.4 Å². The molecule has 1 aromatic carbocycles. The van der Waals surface area contributed by atoms with E-state index in [-0.39, 0.29) is 4.91 Å². The Hall–Kier alpha value is -3.33.